The lowest BCUT2D eigenvalue weighted by molar-refractivity contribution is -0.276. The van der Waals surface area contributed by atoms with E-state index in [4.69, 9.17) is 14.6 Å². The highest BCUT2D eigenvalue weighted by Crippen LogP contribution is 2.62. The summed E-state index contributed by atoms with van der Waals surface area (Å²) in [5.74, 6) is 0.374. The van der Waals surface area contributed by atoms with E-state index in [0.717, 1.165) is 36.9 Å². The van der Waals surface area contributed by atoms with Crippen LogP contribution < -0.4 is 0 Å². The smallest absolute Gasteiger partial charge is 0.297 e. The van der Waals surface area contributed by atoms with Gasteiger partial charge in [-0.2, -0.15) is 10.1 Å². The molecule has 1 saturated heterocycles. The number of aryl methyl sites for hydroxylation is 1. The van der Waals surface area contributed by atoms with Gasteiger partial charge in [-0.3, -0.25) is 9.48 Å². The number of ether oxygens (including phenoxy) is 2. The molecule has 7 heteroatoms. The van der Waals surface area contributed by atoms with Crippen molar-refractivity contribution in [1.82, 2.24) is 14.7 Å². The Morgan fingerprint density at radius 2 is 1.86 bits per heavy atom. The van der Waals surface area contributed by atoms with Crippen molar-refractivity contribution in [3.05, 3.63) is 17.0 Å². The van der Waals surface area contributed by atoms with Crippen molar-refractivity contribution < 1.29 is 14.3 Å². The average molecular weight is 403 g/mol. The van der Waals surface area contributed by atoms with Crippen LogP contribution in [0.3, 0.4) is 0 Å². The SMILES string of the molecule is CC(=NC(=O)c1c2c(nn1C)C1(C)CCC3(OCCO3)C(C)(C)[C@@H]1CC2)N(C)C. The number of nitrogens with zero attached hydrogens (tertiary/aromatic N) is 4. The summed E-state index contributed by atoms with van der Waals surface area (Å²) in [5, 5.41) is 4.89. The molecule has 2 atom stereocenters. The topological polar surface area (TPSA) is 69.0 Å². The number of aliphatic imine (C=N–C) groups is 1. The lowest BCUT2D eigenvalue weighted by Gasteiger charge is -2.59. The first-order chi connectivity index (χ1) is 13.5. The van der Waals surface area contributed by atoms with Gasteiger partial charge >= 0.3 is 0 Å². The summed E-state index contributed by atoms with van der Waals surface area (Å²) in [6.07, 6.45) is 3.62. The number of carbonyl (C=O) groups is 1. The van der Waals surface area contributed by atoms with E-state index >= 15 is 0 Å². The Balaban J connectivity index is 1.75. The fourth-order valence-corrected chi connectivity index (χ4v) is 6.04. The summed E-state index contributed by atoms with van der Waals surface area (Å²) in [6, 6.07) is 0. The van der Waals surface area contributed by atoms with Crippen molar-refractivity contribution in [3.63, 3.8) is 0 Å². The van der Waals surface area contributed by atoms with Gasteiger partial charge in [-0.25, -0.2) is 0 Å². The van der Waals surface area contributed by atoms with E-state index < -0.39 is 5.79 Å². The number of hydrogen-bond donors (Lipinski definition) is 0. The molecule has 1 amide bonds. The van der Waals surface area contributed by atoms with Gasteiger partial charge in [-0.15, -0.1) is 0 Å². The summed E-state index contributed by atoms with van der Waals surface area (Å²) in [5.41, 5.74) is 2.54. The molecule has 1 aromatic rings. The number of amidine groups is 1. The quantitative estimate of drug-likeness (QED) is 0.534. The molecule has 7 nitrogen and oxygen atoms in total. The third-order valence-electron chi connectivity index (χ3n) is 7.83. The van der Waals surface area contributed by atoms with Crippen molar-refractivity contribution in [2.45, 2.75) is 64.6 Å². The van der Waals surface area contributed by atoms with Gasteiger partial charge in [-0.05, 0) is 32.1 Å². The minimum Gasteiger partial charge on any atom is -0.366 e. The third-order valence-corrected chi connectivity index (χ3v) is 7.83. The molecule has 2 aliphatic carbocycles. The molecule has 1 aliphatic heterocycles. The van der Waals surface area contributed by atoms with Crippen LogP contribution in [0.5, 0.6) is 0 Å². The van der Waals surface area contributed by atoms with Crippen molar-refractivity contribution in [2.75, 3.05) is 27.3 Å². The number of hydrogen-bond acceptors (Lipinski definition) is 4. The highest BCUT2D eigenvalue weighted by atomic mass is 16.7. The lowest BCUT2D eigenvalue weighted by atomic mass is 9.49. The van der Waals surface area contributed by atoms with E-state index in [1.54, 1.807) is 4.68 Å². The van der Waals surface area contributed by atoms with Crippen molar-refractivity contribution in [1.29, 1.82) is 0 Å². The van der Waals surface area contributed by atoms with Crippen LogP contribution >= 0.6 is 0 Å². The average Bonchev–Trinajstić information content (AvgIpc) is 3.24. The van der Waals surface area contributed by atoms with Crippen molar-refractivity contribution in [2.24, 2.45) is 23.4 Å². The van der Waals surface area contributed by atoms with Gasteiger partial charge < -0.3 is 14.4 Å². The van der Waals surface area contributed by atoms with Crippen LogP contribution in [0.15, 0.2) is 4.99 Å². The Hall–Kier alpha value is -1.73. The highest BCUT2D eigenvalue weighted by Gasteiger charge is 2.64. The summed E-state index contributed by atoms with van der Waals surface area (Å²) < 4.78 is 14.1. The molecule has 3 aliphatic rings. The minimum atomic E-state index is -0.491. The van der Waals surface area contributed by atoms with Gasteiger partial charge in [0.1, 0.15) is 11.5 Å². The van der Waals surface area contributed by atoms with Gasteiger partial charge in [-0.1, -0.05) is 20.8 Å². The molecule has 2 heterocycles. The fourth-order valence-electron chi connectivity index (χ4n) is 6.04. The predicted octanol–water partition coefficient (Wildman–Crippen LogP) is 2.92. The zero-order valence-corrected chi connectivity index (χ0v) is 18.8. The maximum Gasteiger partial charge on any atom is 0.297 e. The van der Waals surface area contributed by atoms with E-state index in [0.29, 0.717) is 30.7 Å². The molecule has 1 aromatic heterocycles. The fraction of sp³-hybridized carbons (Fsp3) is 0.773. The second kappa shape index (κ2) is 6.64. The van der Waals surface area contributed by atoms with E-state index in [9.17, 15) is 4.79 Å². The first kappa shape index (κ1) is 20.5. The molecular weight excluding hydrogens is 368 g/mol. The Labute approximate surface area is 173 Å². The maximum absolute atomic E-state index is 13.0. The number of amides is 1. The first-order valence-electron chi connectivity index (χ1n) is 10.6. The Morgan fingerprint density at radius 3 is 2.48 bits per heavy atom. The highest BCUT2D eigenvalue weighted by molar-refractivity contribution is 6.02. The van der Waals surface area contributed by atoms with Gasteiger partial charge in [0, 0.05) is 44.0 Å². The Morgan fingerprint density at radius 1 is 1.21 bits per heavy atom. The minimum absolute atomic E-state index is 0.103. The largest absolute Gasteiger partial charge is 0.366 e. The van der Waals surface area contributed by atoms with Crippen LogP contribution in [0.25, 0.3) is 0 Å². The zero-order valence-electron chi connectivity index (χ0n) is 18.8. The maximum atomic E-state index is 13.0. The summed E-state index contributed by atoms with van der Waals surface area (Å²) in [6.45, 7) is 10.1. The van der Waals surface area contributed by atoms with Crippen LogP contribution in [0.4, 0.5) is 0 Å². The molecule has 0 bridgehead atoms. The summed E-state index contributed by atoms with van der Waals surface area (Å²) >= 11 is 0. The molecule has 0 N–H and O–H groups in total. The monoisotopic (exact) mass is 402 g/mol. The van der Waals surface area contributed by atoms with Crippen LogP contribution in [-0.4, -0.2) is 59.5 Å². The number of aromatic nitrogens is 2. The van der Waals surface area contributed by atoms with Crippen LogP contribution in [-0.2, 0) is 28.4 Å². The van der Waals surface area contributed by atoms with Crippen LogP contribution in [0.1, 0.15) is 68.7 Å². The Kier molecular flexibility index (Phi) is 4.70. The Bertz CT molecular complexity index is 864. The van der Waals surface area contributed by atoms with E-state index in [1.165, 1.54) is 0 Å². The molecule has 29 heavy (non-hydrogen) atoms. The molecule has 1 saturated carbocycles. The number of carbonyl (C=O) groups excluding carboxylic acids is 1. The van der Waals surface area contributed by atoms with Crippen LogP contribution in [0.2, 0.25) is 0 Å². The second-order valence-corrected chi connectivity index (χ2v) is 9.84. The molecule has 160 valence electrons. The van der Waals surface area contributed by atoms with Gasteiger partial charge in [0.2, 0.25) is 0 Å². The molecule has 4 rings (SSSR count). The molecule has 2 fully saturated rings. The van der Waals surface area contributed by atoms with Crippen molar-refractivity contribution >= 4 is 11.7 Å². The van der Waals surface area contributed by atoms with E-state index in [-0.39, 0.29) is 16.7 Å². The predicted molar refractivity (Wildman–Crippen MR) is 111 cm³/mol. The van der Waals surface area contributed by atoms with Gasteiger partial charge in [0.05, 0.1) is 18.9 Å². The molecule has 1 spiro atoms. The number of fused-ring (bicyclic) bond motifs is 3. The van der Waals surface area contributed by atoms with E-state index in [2.05, 4.69) is 25.8 Å². The zero-order chi connectivity index (χ0) is 21.2. The normalized spacial score (nSPS) is 30.2. The van der Waals surface area contributed by atoms with Gasteiger partial charge in [0.15, 0.2) is 5.79 Å². The standard InChI is InChI=1S/C22H34N4O3/c1-14(25(5)6)23-19(27)17-15-8-9-16-20(2,3)22(28-12-13-29-22)11-10-21(16,4)18(15)24-26(17)7/h16H,8-13H2,1-7H3/t16-,21?/m0/s1. The van der Waals surface area contributed by atoms with Gasteiger partial charge in [0.25, 0.3) is 5.91 Å². The molecular formula is C22H34N4O3. The number of rotatable bonds is 1. The van der Waals surface area contributed by atoms with E-state index in [1.807, 2.05) is 33.0 Å². The van der Waals surface area contributed by atoms with Crippen molar-refractivity contribution in [3.8, 4) is 0 Å². The summed E-state index contributed by atoms with van der Waals surface area (Å²) in [4.78, 5) is 19.1. The molecule has 1 unspecified atom stereocenters. The van der Waals surface area contributed by atoms with Crippen LogP contribution in [0, 0.1) is 11.3 Å². The molecule has 0 aromatic carbocycles. The first-order valence-corrected chi connectivity index (χ1v) is 10.6. The second-order valence-electron chi connectivity index (χ2n) is 9.84. The third kappa shape index (κ3) is 2.81. The summed E-state index contributed by atoms with van der Waals surface area (Å²) in [7, 11) is 5.65. The lowest BCUT2D eigenvalue weighted by Crippen LogP contribution is -2.61. The molecule has 0 radical (unpaired) electrons.